The summed E-state index contributed by atoms with van der Waals surface area (Å²) in [5, 5.41) is 26.8. The van der Waals surface area contributed by atoms with E-state index in [9.17, 15) is 29.1 Å². The molecule has 0 saturated heterocycles. The molecule has 0 aliphatic rings. The first kappa shape index (κ1) is 32.9. The number of aliphatic carboxylic acids is 2. The number of amides is 3. The van der Waals surface area contributed by atoms with Crippen LogP contribution in [0.3, 0.4) is 0 Å². The number of nitrogens with one attached hydrogen (secondary N) is 4. The first-order valence-electron chi connectivity index (χ1n) is 12.8. The number of carboxylic acids is 2. The van der Waals surface area contributed by atoms with Gasteiger partial charge in [0.25, 0.3) is 0 Å². The third-order valence-corrected chi connectivity index (χ3v) is 6.48. The zero-order valence-electron chi connectivity index (χ0n) is 22.2. The Kier molecular flexibility index (Phi) is 12.9. The Labute approximate surface area is 241 Å². The van der Waals surface area contributed by atoms with Gasteiger partial charge in [-0.2, -0.15) is 12.6 Å². The SMILES string of the molecule is NC(N)=NCCCC(NC(=O)C(CS)NC(=O)C(N)CCC(=O)O)C(=O)NC(Cc1c[nH]c2ccccc12)C(=O)O. The summed E-state index contributed by atoms with van der Waals surface area (Å²) < 4.78 is 0. The Morgan fingerprint density at radius 1 is 0.927 bits per heavy atom. The molecule has 15 nitrogen and oxygen atoms in total. The lowest BCUT2D eigenvalue weighted by atomic mass is 10.0. The van der Waals surface area contributed by atoms with Gasteiger partial charge in [0.15, 0.2) is 5.96 Å². The average molecular weight is 593 g/mol. The van der Waals surface area contributed by atoms with Crippen LogP contribution in [0.25, 0.3) is 10.9 Å². The standard InChI is InChI=1S/C25H36N8O7S/c26-15(7-8-20(34)35)21(36)33-19(12-41)23(38)31-17(6-3-9-29-25(27)28)22(37)32-18(24(39)40)10-13-11-30-16-5-2-1-4-14(13)16/h1-2,4-5,11,15,17-19,30,41H,3,6-10,12,26H2,(H,31,38)(H,32,37)(H,33,36)(H,34,35)(H,39,40)(H4,27,28,29). The molecule has 4 atom stereocenters. The van der Waals surface area contributed by atoms with E-state index in [0.29, 0.717) is 5.56 Å². The molecular weight excluding hydrogens is 556 g/mol. The number of fused-ring (bicyclic) bond motifs is 1. The second-order valence-corrected chi connectivity index (χ2v) is 9.62. The van der Waals surface area contributed by atoms with Crippen molar-refractivity contribution >= 4 is 59.2 Å². The predicted molar refractivity (Wildman–Crippen MR) is 154 cm³/mol. The molecule has 16 heteroatoms. The Morgan fingerprint density at radius 3 is 2.20 bits per heavy atom. The molecule has 0 bridgehead atoms. The van der Waals surface area contributed by atoms with Gasteiger partial charge >= 0.3 is 11.9 Å². The summed E-state index contributed by atoms with van der Waals surface area (Å²) in [6.45, 7) is 0.144. The number of aromatic amines is 1. The zero-order chi connectivity index (χ0) is 30.5. The number of H-pyrrole nitrogens is 1. The van der Waals surface area contributed by atoms with Crippen molar-refractivity contribution in [2.45, 2.75) is 56.3 Å². The predicted octanol–water partition coefficient (Wildman–Crippen LogP) is -1.58. The van der Waals surface area contributed by atoms with Crippen molar-refractivity contribution < 1.29 is 34.2 Å². The summed E-state index contributed by atoms with van der Waals surface area (Å²) in [4.78, 5) is 68.3. The molecule has 1 aromatic carbocycles. The molecule has 0 saturated carbocycles. The lowest BCUT2D eigenvalue weighted by Crippen LogP contribution is -2.57. The van der Waals surface area contributed by atoms with Crippen LogP contribution < -0.4 is 33.2 Å². The first-order valence-corrected chi connectivity index (χ1v) is 13.4. The van der Waals surface area contributed by atoms with E-state index >= 15 is 0 Å². The molecule has 3 amide bonds. The van der Waals surface area contributed by atoms with Crippen LogP contribution in [-0.2, 0) is 30.4 Å². The number of nitrogens with two attached hydrogens (primary N) is 3. The Balaban J connectivity index is 2.14. The van der Waals surface area contributed by atoms with E-state index in [1.165, 1.54) is 0 Å². The van der Waals surface area contributed by atoms with Crippen LogP contribution in [0.1, 0.15) is 31.2 Å². The van der Waals surface area contributed by atoms with Gasteiger partial charge in [-0.1, -0.05) is 18.2 Å². The molecule has 1 heterocycles. The summed E-state index contributed by atoms with van der Waals surface area (Å²) in [5.41, 5.74) is 17.9. The number of carboxylic acid groups (broad SMARTS) is 2. The third kappa shape index (κ3) is 10.6. The van der Waals surface area contributed by atoms with Crippen molar-refractivity contribution in [3.63, 3.8) is 0 Å². The van der Waals surface area contributed by atoms with Crippen LogP contribution in [0.4, 0.5) is 0 Å². The molecule has 12 N–H and O–H groups in total. The molecule has 41 heavy (non-hydrogen) atoms. The minimum absolute atomic E-state index is 0.0245. The van der Waals surface area contributed by atoms with E-state index in [2.05, 4.69) is 38.6 Å². The maximum Gasteiger partial charge on any atom is 0.326 e. The molecule has 4 unspecified atom stereocenters. The number of carbonyl (C=O) groups is 5. The summed E-state index contributed by atoms with van der Waals surface area (Å²) >= 11 is 4.09. The van der Waals surface area contributed by atoms with Crippen LogP contribution in [0.15, 0.2) is 35.5 Å². The van der Waals surface area contributed by atoms with Gasteiger partial charge in [0, 0.05) is 42.2 Å². The summed E-state index contributed by atoms with van der Waals surface area (Å²) in [7, 11) is 0. The van der Waals surface area contributed by atoms with E-state index in [1.54, 1.807) is 6.20 Å². The van der Waals surface area contributed by atoms with Crippen LogP contribution in [0.5, 0.6) is 0 Å². The topological polar surface area (TPSA) is 268 Å². The van der Waals surface area contributed by atoms with Gasteiger partial charge in [-0.3, -0.25) is 24.2 Å². The minimum Gasteiger partial charge on any atom is -0.481 e. The van der Waals surface area contributed by atoms with E-state index in [0.717, 1.165) is 10.9 Å². The fraction of sp³-hybridized carbons (Fsp3) is 0.440. The highest BCUT2D eigenvalue weighted by Gasteiger charge is 2.30. The van der Waals surface area contributed by atoms with Crippen molar-refractivity contribution in [2.75, 3.05) is 12.3 Å². The highest BCUT2D eigenvalue weighted by atomic mass is 32.1. The van der Waals surface area contributed by atoms with Gasteiger partial charge in [0.2, 0.25) is 17.7 Å². The smallest absolute Gasteiger partial charge is 0.326 e. The summed E-state index contributed by atoms with van der Waals surface area (Å²) in [6.07, 6.45) is 1.46. The number of hydrogen-bond donors (Lipinski definition) is 10. The van der Waals surface area contributed by atoms with E-state index in [4.69, 9.17) is 22.3 Å². The molecule has 2 aromatic rings. The lowest BCUT2D eigenvalue weighted by molar-refractivity contribution is -0.142. The van der Waals surface area contributed by atoms with Gasteiger partial charge in [-0.25, -0.2) is 4.79 Å². The molecule has 224 valence electrons. The Bertz CT molecular complexity index is 1260. The summed E-state index contributed by atoms with van der Waals surface area (Å²) in [6, 6.07) is 2.40. The number of benzene rings is 1. The van der Waals surface area contributed by atoms with Crippen LogP contribution in [0.2, 0.25) is 0 Å². The van der Waals surface area contributed by atoms with E-state index < -0.39 is 53.8 Å². The number of para-hydroxylation sites is 1. The largest absolute Gasteiger partial charge is 0.481 e. The van der Waals surface area contributed by atoms with Crippen LogP contribution in [0, 0.1) is 0 Å². The van der Waals surface area contributed by atoms with Crippen LogP contribution in [-0.4, -0.2) is 87.3 Å². The fourth-order valence-corrected chi connectivity index (χ4v) is 4.18. The zero-order valence-corrected chi connectivity index (χ0v) is 23.1. The van der Waals surface area contributed by atoms with Crippen molar-refractivity contribution in [1.82, 2.24) is 20.9 Å². The maximum atomic E-state index is 13.2. The van der Waals surface area contributed by atoms with E-state index in [1.807, 2.05) is 24.3 Å². The monoisotopic (exact) mass is 592 g/mol. The first-order chi connectivity index (χ1) is 19.4. The number of thiol groups is 1. The quantitative estimate of drug-likeness (QED) is 0.0436. The maximum absolute atomic E-state index is 13.2. The number of rotatable bonds is 17. The number of carbonyl (C=O) groups excluding carboxylic acids is 3. The highest BCUT2D eigenvalue weighted by Crippen LogP contribution is 2.19. The molecule has 1 aromatic heterocycles. The molecule has 0 fully saturated rings. The molecule has 0 radical (unpaired) electrons. The Morgan fingerprint density at radius 2 is 1.56 bits per heavy atom. The Hall–Kier alpha value is -4.31. The molecule has 0 spiro atoms. The summed E-state index contributed by atoms with van der Waals surface area (Å²) in [5.74, 6) is -5.03. The molecular formula is C25H36N8O7S. The lowest BCUT2D eigenvalue weighted by Gasteiger charge is -2.24. The molecule has 0 aliphatic carbocycles. The van der Waals surface area contributed by atoms with Gasteiger partial charge in [-0.05, 0) is 30.9 Å². The average Bonchev–Trinajstić information content (AvgIpc) is 3.33. The number of nitrogens with zero attached hydrogens (tertiary/aromatic N) is 1. The van der Waals surface area contributed by atoms with Gasteiger partial charge in [0.05, 0.1) is 6.04 Å². The van der Waals surface area contributed by atoms with Crippen molar-refractivity contribution in [3.05, 3.63) is 36.0 Å². The number of hydrogen-bond acceptors (Lipinski definition) is 8. The van der Waals surface area contributed by atoms with E-state index in [-0.39, 0.29) is 50.4 Å². The van der Waals surface area contributed by atoms with Gasteiger partial charge in [-0.15, -0.1) is 0 Å². The van der Waals surface area contributed by atoms with Gasteiger partial charge < -0.3 is 48.3 Å². The number of aliphatic imine (C=N–C) groups is 1. The second kappa shape index (κ2) is 16.1. The highest BCUT2D eigenvalue weighted by molar-refractivity contribution is 7.80. The van der Waals surface area contributed by atoms with Crippen molar-refractivity contribution in [1.29, 1.82) is 0 Å². The normalized spacial score (nSPS) is 13.8. The van der Waals surface area contributed by atoms with Crippen LogP contribution >= 0.6 is 12.6 Å². The third-order valence-electron chi connectivity index (χ3n) is 6.11. The number of aromatic nitrogens is 1. The minimum atomic E-state index is -1.31. The molecule has 2 rings (SSSR count). The molecule has 0 aliphatic heterocycles. The fourth-order valence-electron chi connectivity index (χ4n) is 3.92. The second-order valence-electron chi connectivity index (χ2n) is 9.26. The number of guanidine groups is 1. The van der Waals surface area contributed by atoms with Crippen molar-refractivity contribution in [2.24, 2.45) is 22.2 Å². The van der Waals surface area contributed by atoms with Crippen molar-refractivity contribution in [3.8, 4) is 0 Å². The van der Waals surface area contributed by atoms with Gasteiger partial charge in [0.1, 0.15) is 18.1 Å².